The molecule has 0 spiro atoms. The Bertz CT molecular complexity index is 940. The van der Waals surface area contributed by atoms with Crippen molar-refractivity contribution in [1.82, 2.24) is 9.62 Å². The Balaban J connectivity index is 3.16. The zero-order chi connectivity index (χ0) is 24.5. The Morgan fingerprint density at radius 2 is 1.91 bits per heavy atom. The number of rotatable bonds is 11. The van der Waals surface area contributed by atoms with Crippen LogP contribution in [0.3, 0.4) is 0 Å². The highest BCUT2D eigenvalue weighted by atomic mass is 32.2. The lowest BCUT2D eigenvalue weighted by Crippen LogP contribution is -2.46. The van der Waals surface area contributed by atoms with Crippen LogP contribution in [-0.2, 0) is 24.3 Å². The number of para-hydroxylation sites is 1. The maximum Gasteiger partial charge on any atom is 0.408 e. The summed E-state index contributed by atoms with van der Waals surface area (Å²) in [5.41, 5.74) is -1.37. The third kappa shape index (κ3) is 7.93. The number of benzene rings is 1. The van der Waals surface area contributed by atoms with Crippen molar-refractivity contribution >= 4 is 27.8 Å². The number of alkyl carbamates (subject to hydrolysis) is 1. The molecule has 1 N–H and O–H groups in total. The van der Waals surface area contributed by atoms with E-state index < -0.39 is 49.2 Å². The van der Waals surface area contributed by atoms with Gasteiger partial charge in [-0.15, -0.1) is 6.58 Å². The number of hydrogen-bond acceptors (Lipinski definition) is 8. The Labute approximate surface area is 187 Å². The molecule has 1 rings (SSSR count). The Hall–Kier alpha value is -2.99. The first-order chi connectivity index (χ1) is 14.8. The number of hydrogen-bond donors (Lipinski definition) is 1. The zero-order valence-corrected chi connectivity index (χ0v) is 19.4. The maximum atomic E-state index is 13.2. The van der Waals surface area contributed by atoms with E-state index in [4.69, 9.17) is 9.47 Å². The Morgan fingerprint density at radius 1 is 1.28 bits per heavy atom. The third-order valence-corrected chi connectivity index (χ3v) is 6.05. The minimum atomic E-state index is -4.29. The van der Waals surface area contributed by atoms with E-state index in [0.29, 0.717) is 0 Å². The van der Waals surface area contributed by atoms with Crippen molar-refractivity contribution in [3.05, 3.63) is 47.0 Å². The van der Waals surface area contributed by atoms with Crippen LogP contribution in [0.15, 0.2) is 41.8 Å². The first-order valence-electron chi connectivity index (χ1n) is 9.75. The lowest BCUT2D eigenvalue weighted by molar-refractivity contribution is -0.387. The predicted octanol–water partition coefficient (Wildman–Crippen LogP) is 2.62. The smallest absolute Gasteiger partial charge is 0.408 e. The van der Waals surface area contributed by atoms with Crippen molar-refractivity contribution in [3.8, 4) is 0 Å². The monoisotopic (exact) mass is 471 g/mol. The summed E-state index contributed by atoms with van der Waals surface area (Å²) < 4.78 is 37.2. The average Bonchev–Trinajstić information content (AvgIpc) is 2.70. The number of amides is 1. The molecule has 0 bridgehead atoms. The summed E-state index contributed by atoms with van der Waals surface area (Å²) in [5.74, 6) is -0.789. The second-order valence-electron chi connectivity index (χ2n) is 7.72. The number of carbonyl (C=O) groups excluding carboxylic acids is 2. The van der Waals surface area contributed by atoms with Crippen molar-refractivity contribution < 1.29 is 32.4 Å². The predicted molar refractivity (Wildman–Crippen MR) is 116 cm³/mol. The third-order valence-electron chi connectivity index (χ3n) is 4.11. The highest BCUT2D eigenvalue weighted by molar-refractivity contribution is 7.89. The van der Waals surface area contributed by atoms with Crippen molar-refractivity contribution in [2.45, 2.75) is 50.2 Å². The van der Waals surface area contributed by atoms with E-state index in [1.165, 1.54) is 18.2 Å². The van der Waals surface area contributed by atoms with Crippen molar-refractivity contribution in [2.75, 3.05) is 20.2 Å². The highest BCUT2D eigenvalue weighted by Crippen LogP contribution is 2.26. The van der Waals surface area contributed by atoms with Gasteiger partial charge in [0.25, 0.3) is 5.69 Å². The molecule has 11 nitrogen and oxygen atoms in total. The molecule has 12 heteroatoms. The van der Waals surface area contributed by atoms with E-state index in [1.807, 2.05) is 0 Å². The molecule has 178 valence electrons. The van der Waals surface area contributed by atoms with Crippen LogP contribution in [-0.4, -0.2) is 61.6 Å². The molecule has 1 atom stereocenters. The van der Waals surface area contributed by atoms with E-state index in [-0.39, 0.29) is 25.9 Å². The second-order valence-corrected chi connectivity index (χ2v) is 9.62. The summed E-state index contributed by atoms with van der Waals surface area (Å²) in [6.45, 7) is 8.26. The van der Waals surface area contributed by atoms with E-state index in [1.54, 1.807) is 20.8 Å². The fourth-order valence-electron chi connectivity index (χ4n) is 2.67. The van der Waals surface area contributed by atoms with Gasteiger partial charge in [0, 0.05) is 19.2 Å². The average molecular weight is 472 g/mol. The number of sulfonamides is 1. The van der Waals surface area contributed by atoms with Gasteiger partial charge < -0.3 is 14.8 Å². The zero-order valence-electron chi connectivity index (χ0n) is 18.6. The molecule has 1 unspecified atom stereocenters. The number of esters is 1. The molecule has 0 aromatic heterocycles. The van der Waals surface area contributed by atoms with Gasteiger partial charge >= 0.3 is 12.1 Å². The van der Waals surface area contributed by atoms with Gasteiger partial charge in [-0.3, -0.25) is 10.1 Å². The molecule has 0 aliphatic carbocycles. The lowest BCUT2D eigenvalue weighted by Gasteiger charge is -2.25. The van der Waals surface area contributed by atoms with E-state index in [0.717, 1.165) is 23.5 Å². The van der Waals surface area contributed by atoms with Crippen LogP contribution in [0, 0.1) is 10.1 Å². The molecule has 0 saturated carbocycles. The summed E-state index contributed by atoms with van der Waals surface area (Å²) in [7, 11) is -3.16. The van der Waals surface area contributed by atoms with Crippen molar-refractivity contribution in [2.24, 2.45) is 0 Å². The van der Waals surface area contributed by atoms with Gasteiger partial charge in [0.1, 0.15) is 11.6 Å². The number of carbonyl (C=O) groups is 2. The minimum Gasteiger partial charge on any atom is -0.467 e. The van der Waals surface area contributed by atoms with Crippen LogP contribution >= 0.6 is 0 Å². The minimum absolute atomic E-state index is 0.0296. The van der Waals surface area contributed by atoms with E-state index in [2.05, 4.69) is 11.9 Å². The van der Waals surface area contributed by atoms with Crippen LogP contribution in [0.4, 0.5) is 10.5 Å². The topological polar surface area (TPSA) is 145 Å². The first-order valence-corrected chi connectivity index (χ1v) is 11.2. The maximum absolute atomic E-state index is 13.2. The van der Waals surface area contributed by atoms with Gasteiger partial charge in [0.2, 0.25) is 10.0 Å². The Morgan fingerprint density at radius 3 is 2.44 bits per heavy atom. The van der Waals surface area contributed by atoms with Crippen LogP contribution in [0.1, 0.15) is 33.6 Å². The van der Waals surface area contributed by atoms with E-state index >= 15 is 0 Å². The van der Waals surface area contributed by atoms with Crippen molar-refractivity contribution in [1.29, 1.82) is 0 Å². The molecular formula is C20H29N3O8S. The van der Waals surface area contributed by atoms with Gasteiger partial charge in [-0.25, -0.2) is 18.0 Å². The van der Waals surface area contributed by atoms with Crippen LogP contribution in [0.25, 0.3) is 0 Å². The molecule has 0 fully saturated rings. The molecule has 0 heterocycles. The summed E-state index contributed by atoms with van der Waals surface area (Å²) in [5, 5.41) is 13.7. The van der Waals surface area contributed by atoms with Gasteiger partial charge in [-0.1, -0.05) is 18.2 Å². The molecule has 0 radical (unpaired) electrons. The van der Waals surface area contributed by atoms with Gasteiger partial charge in [0.15, 0.2) is 4.90 Å². The van der Waals surface area contributed by atoms with Gasteiger partial charge in [-0.2, -0.15) is 4.31 Å². The number of nitrogens with zero attached hydrogens (tertiary/aromatic N) is 2. The molecule has 32 heavy (non-hydrogen) atoms. The number of ether oxygens (including phenoxy) is 2. The number of methoxy groups -OCH3 is 1. The summed E-state index contributed by atoms with van der Waals surface area (Å²) >= 11 is 0. The highest BCUT2D eigenvalue weighted by Gasteiger charge is 2.33. The Kier molecular flexibility index (Phi) is 9.79. The van der Waals surface area contributed by atoms with Crippen LogP contribution in [0.5, 0.6) is 0 Å². The molecule has 1 aromatic rings. The SMILES string of the molecule is C=CCCN(CCC(NC(=O)OC(C)(C)C)C(=O)OC)S(=O)(=O)c1ccccc1[N+](=O)[O-]. The molecular weight excluding hydrogens is 442 g/mol. The lowest BCUT2D eigenvalue weighted by atomic mass is 10.2. The van der Waals surface area contributed by atoms with Gasteiger partial charge in [-0.05, 0) is 39.7 Å². The largest absolute Gasteiger partial charge is 0.467 e. The summed E-state index contributed by atoms with van der Waals surface area (Å²) in [6.07, 6.45) is 0.746. The fourth-order valence-corrected chi connectivity index (χ4v) is 4.29. The normalized spacial score (nSPS) is 12.7. The van der Waals surface area contributed by atoms with Crippen LogP contribution in [0.2, 0.25) is 0 Å². The molecule has 0 aliphatic rings. The second kappa shape index (κ2) is 11.6. The first kappa shape index (κ1) is 27.0. The quantitative estimate of drug-likeness (QED) is 0.224. The van der Waals surface area contributed by atoms with Gasteiger partial charge in [0.05, 0.1) is 12.0 Å². The fraction of sp³-hybridized carbons (Fsp3) is 0.500. The molecule has 0 aliphatic heterocycles. The molecule has 1 amide bonds. The van der Waals surface area contributed by atoms with E-state index in [9.17, 15) is 28.1 Å². The summed E-state index contributed by atoms with van der Waals surface area (Å²) in [4.78, 5) is 34.3. The molecule has 1 aromatic carbocycles. The molecule has 0 saturated heterocycles. The number of nitro benzene ring substituents is 1. The van der Waals surface area contributed by atoms with Crippen molar-refractivity contribution in [3.63, 3.8) is 0 Å². The van der Waals surface area contributed by atoms with Crippen LogP contribution < -0.4 is 5.32 Å². The number of nitro groups is 1. The summed E-state index contributed by atoms with van der Waals surface area (Å²) in [6, 6.07) is 3.79. The standard InChI is InChI=1S/C20H29N3O8S/c1-6-7-13-22(32(28,29)17-11-9-8-10-16(17)23(26)27)14-12-15(18(24)30-5)21-19(25)31-20(2,3)4/h6,8-11,15H,1,7,12-14H2,2-5H3,(H,21,25). The number of nitrogens with one attached hydrogen (secondary N) is 1.